The minimum Gasteiger partial charge on any atom is -0.454 e. The maximum Gasteiger partial charge on any atom is 0.315 e. The number of benzene rings is 1. The number of rotatable bonds is 5. The van der Waals surface area contributed by atoms with E-state index in [1.165, 1.54) is 0 Å². The summed E-state index contributed by atoms with van der Waals surface area (Å²) in [6.45, 7) is 7.30. The van der Waals surface area contributed by atoms with Crippen molar-refractivity contribution in [2.24, 2.45) is 0 Å². The zero-order valence-corrected chi connectivity index (χ0v) is 14.8. The summed E-state index contributed by atoms with van der Waals surface area (Å²) in [5, 5.41) is 8.62. The topological polar surface area (TPSA) is 72.5 Å². The number of fused-ring (bicyclic) bond motifs is 1. The summed E-state index contributed by atoms with van der Waals surface area (Å²) in [6.07, 6.45) is 0. The third kappa shape index (κ3) is 3.79. The van der Waals surface area contributed by atoms with E-state index in [9.17, 15) is 4.79 Å². The van der Waals surface area contributed by atoms with E-state index < -0.39 is 0 Å². The van der Waals surface area contributed by atoms with Crippen LogP contribution in [-0.4, -0.2) is 24.4 Å². The highest BCUT2D eigenvalue weighted by atomic mass is 32.1. The molecular formula is C17H21N3O3S. The Morgan fingerprint density at radius 2 is 2.08 bits per heavy atom. The summed E-state index contributed by atoms with van der Waals surface area (Å²) < 4.78 is 10.8. The van der Waals surface area contributed by atoms with Crippen molar-refractivity contribution in [1.82, 2.24) is 15.6 Å². The van der Waals surface area contributed by atoms with Crippen molar-refractivity contribution in [1.29, 1.82) is 0 Å². The average Bonchev–Trinajstić information content (AvgIpc) is 3.18. The second-order valence-corrected chi connectivity index (χ2v) is 7.31. The van der Waals surface area contributed by atoms with Gasteiger partial charge in [0.1, 0.15) is 5.01 Å². The zero-order valence-electron chi connectivity index (χ0n) is 14.0. The van der Waals surface area contributed by atoms with Crippen LogP contribution < -0.4 is 20.1 Å². The lowest BCUT2D eigenvalue weighted by Gasteiger charge is -2.26. The molecule has 2 N–H and O–H groups in total. The van der Waals surface area contributed by atoms with Gasteiger partial charge in [0, 0.05) is 23.0 Å². The molecule has 1 aromatic carbocycles. The van der Waals surface area contributed by atoms with Crippen molar-refractivity contribution in [3.8, 4) is 11.5 Å². The highest BCUT2D eigenvalue weighted by Crippen LogP contribution is 2.36. The minimum absolute atomic E-state index is 0.198. The molecule has 2 heterocycles. The molecule has 0 unspecified atom stereocenters. The van der Waals surface area contributed by atoms with Crippen LogP contribution in [-0.2, 0) is 12.0 Å². The molecule has 0 aliphatic carbocycles. The number of thiazole rings is 1. The molecule has 6 nitrogen and oxygen atoms in total. The Morgan fingerprint density at radius 1 is 1.29 bits per heavy atom. The summed E-state index contributed by atoms with van der Waals surface area (Å²) in [7, 11) is 0. The van der Waals surface area contributed by atoms with Crippen molar-refractivity contribution in [2.45, 2.75) is 32.7 Å². The van der Waals surface area contributed by atoms with Crippen LogP contribution in [0.2, 0.25) is 0 Å². The molecule has 0 saturated carbocycles. The Kier molecular flexibility index (Phi) is 4.62. The highest BCUT2D eigenvalue weighted by Gasteiger charge is 2.24. The predicted molar refractivity (Wildman–Crippen MR) is 92.7 cm³/mol. The quantitative estimate of drug-likeness (QED) is 0.872. The third-order valence-electron chi connectivity index (χ3n) is 3.91. The lowest BCUT2D eigenvalue weighted by atomic mass is 9.84. The first kappa shape index (κ1) is 16.6. The summed E-state index contributed by atoms with van der Waals surface area (Å²) in [5.41, 5.74) is 1.83. The summed E-state index contributed by atoms with van der Waals surface area (Å²) in [6, 6.07) is 5.69. The number of ether oxygens (including phenoxy) is 2. The number of aromatic nitrogens is 1. The summed E-state index contributed by atoms with van der Waals surface area (Å²) in [5.74, 6) is 1.52. The van der Waals surface area contributed by atoms with E-state index in [0.717, 1.165) is 27.8 Å². The second kappa shape index (κ2) is 6.68. The normalized spacial score (nSPS) is 13.0. The molecule has 24 heavy (non-hydrogen) atoms. The number of nitrogens with one attached hydrogen (secondary N) is 2. The molecule has 0 fully saturated rings. The fourth-order valence-electron chi connectivity index (χ4n) is 2.42. The average molecular weight is 347 g/mol. The van der Waals surface area contributed by atoms with Crippen molar-refractivity contribution in [3.63, 3.8) is 0 Å². The lowest BCUT2D eigenvalue weighted by molar-refractivity contribution is 0.174. The molecule has 0 saturated heterocycles. The third-order valence-corrected chi connectivity index (χ3v) is 4.88. The number of hydrogen-bond acceptors (Lipinski definition) is 5. The number of aryl methyl sites for hydroxylation is 1. The molecule has 128 valence electrons. The number of urea groups is 1. The van der Waals surface area contributed by atoms with E-state index in [1.807, 2.05) is 30.5 Å². The lowest BCUT2D eigenvalue weighted by Crippen LogP contribution is -2.42. The molecule has 1 aliphatic rings. The predicted octanol–water partition coefficient (Wildman–Crippen LogP) is 2.96. The smallest absolute Gasteiger partial charge is 0.315 e. The molecule has 7 heteroatoms. The van der Waals surface area contributed by atoms with Gasteiger partial charge in [0.2, 0.25) is 6.79 Å². The number of carbonyl (C=O) groups excluding carboxylic acids is 1. The van der Waals surface area contributed by atoms with Gasteiger partial charge in [0.25, 0.3) is 0 Å². The van der Waals surface area contributed by atoms with Gasteiger partial charge in [-0.3, -0.25) is 0 Å². The van der Waals surface area contributed by atoms with Gasteiger partial charge in [0.05, 0.1) is 6.54 Å². The molecule has 1 aliphatic heterocycles. The maximum atomic E-state index is 12.0. The van der Waals surface area contributed by atoms with Crippen LogP contribution in [0.4, 0.5) is 4.79 Å². The first-order valence-electron chi connectivity index (χ1n) is 7.77. The molecule has 0 atom stereocenters. The molecule has 2 aromatic rings. The van der Waals surface area contributed by atoms with E-state index in [0.29, 0.717) is 13.1 Å². The van der Waals surface area contributed by atoms with Crippen molar-refractivity contribution < 1.29 is 14.3 Å². The van der Waals surface area contributed by atoms with Gasteiger partial charge in [-0.1, -0.05) is 19.9 Å². The van der Waals surface area contributed by atoms with Gasteiger partial charge in [-0.25, -0.2) is 9.78 Å². The van der Waals surface area contributed by atoms with Crippen molar-refractivity contribution >= 4 is 17.4 Å². The van der Waals surface area contributed by atoms with Gasteiger partial charge in [0.15, 0.2) is 11.5 Å². The first-order chi connectivity index (χ1) is 11.4. The highest BCUT2D eigenvalue weighted by molar-refractivity contribution is 7.09. The van der Waals surface area contributed by atoms with E-state index in [-0.39, 0.29) is 18.2 Å². The molecule has 0 radical (unpaired) electrons. The molecule has 1 aromatic heterocycles. The van der Waals surface area contributed by atoms with Gasteiger partial charge in [-0.05, 0) is 24.6 Å². The Balaban J connectivity index is 1.53. The van der Waals surface area contributed by atoms with E-state index in [2.05, 4.69) is 29.5 Å². The van der Waals surface area contributed by atoms with Gasteiger partial charge in [-0.15, -0.1) is 11.3 Å². The SMILES string of the molecule is Cc1csc(CNC(=O)NCC(C)(C)c2ccc3c(c2)OCO3)n1. The first-order valence-corrected chi connectivity index (χ1v) is 8.65. The fourth-order valence-corrected chi connectivity index (χ4v) is 3.13. The second-order valence-electron chi connectivity index (χ2n) is 6.37. The van der Waals surface area contributed by atoms with Crippen LogP contribution in [0.5, 0.6) is 11.5 Å². The molecule has 0 spiro atoms. The number of amides is 2. The van der Waals surface area contributed by atoms with Crippen LogP contribution >= 0.6 is 11.3 Å². The van der Waals surface area contributed by atoms with Crippen LogP contribution in [0.3, 0.4) is 0 Å². The molecular weight excluding hydrogens is 326 g/mol. The van der Waals surface area contributed by atoms with E-state index >= 15 is 0 Å². The maximum absolute atomic E-state index is 12.0. The monoisotopic (exact) mass is 347 g/mol. The van der Waals surface area contributed by atoms with Crippen LogP contribution in [0.15, 0.2) is 23.6 Å². The fraction of sp³-hybridized carbons (Fsp3) is 0.412. The van der Waals surface area contributed by atoms with Gasteiger partial charge in [-0.2, -0.15) is 0 Å². The Bertz CT molecular complexity index is 742. The number of carbonyl (C=O) groups is 1. The van der Waals surface area contributed by atoms with Crippen molar-refractivity contribution in [2.75, 3.05) is 13.3 Å². The summed E-state index contributed by atoms with van der Waals surface area (Å²) >= 11 is 1.54. The number of hydrogen-bond donors (Lipinski definition) is 2. The van der Waals surface area contributed by atoms with Crippen LogP contribution in [0.25, 0.3) is 0 Å². The largest absolute Gasteiger partial charge is 0.454 e. The Hall–Kier alpha value is -2.28. The number of nitrogens with zero attached hydrogens (tertiary/aromatic N) is 1. The van der Waals surface area contributed by atoms with Crippen LogP contribution in [0.1, 0.15) is 30.1 Å². The van der Waals surface area contributed by atoms with Crippen molar-refractivity contribution in [3.05, 3.63) is 39.8 Å². The van der Waals surface area contributed by atoms with E-state index in [4.69, 9.17) is 9.47 Å². The van der Waals surface area contributed by atoms with Crippen LogP contribution in [0, 0.1) is 6.92 Å². The standard InChI is InChI=1S/C17H21N3O3S/c1-11-8-24-15(20-11)7-18-16(21)19-9-17(2,3)12-4-5-13-14(6-12)23-10-22-13/h4-6,8H,7,9-10H2,1-3H3,(H2,18,19,21). The summed E-state index contributed by atoms with van der Waals surface area (Å²) in [4.78, 5) is 16.3. The zero-order chi connectivity index (χ0) is 17.2. The Morgan fingerprint density at radius 3 is 2.83 bits per heavy atom. The molecule has 3 rings (SSSR count). The minimum atomic E-state index is -0.226. The molecule has 0 bridgehead atoms. The molecule has 2 amide bonds. The van der Waals surface area contributed by atoms with E-state index in [1.54, 1.807) is 11.3 Å². The Labute approximate surface area is 145 Å². The van der Waals surface area contributed by atoms with Gasteiger partial charge < -0.3 is 20.1 Å². The van der Waals surface area contributed by atoms with Gasteiger partial charge >= 0.3 is 6.03 Å².